The van der Waals surface area contributed by atoms with Crippen LogP contribution in [0.1, 0.15) is 28.9 Å². The van der Waals surface area contributed by atoms with Crippen molar-refractivity contribution < 1.29 is 5.11 Å². The molecule has 1 unspecified atom stereocenters. The Morgan fingerprint density at radius 3 is 2.37 bits per heavy atom. The molecule has 3 aromatic heterocycles. The molecule has 0 spiro atoms. The Morgan fingerprint density at radius 2 is 1.66 bits per heavy atom. The first-order valence-corrected chi connectivity index (χ1v) is 14.0. The molecule has 1 aliphatic rings. The molecule has 210 valence electrons. The topological polar surface area (TPSA) is 115 Å². The maximum Gasteiger partial charge on any atom is 0.353 e. The molecule has 6 rings (SSSR count). The molecule has 1 atom stereocenters. The number of fused-ring (bicyclic) bond motifs is 2. The molecule has 0 fully saturated rings. The number of nitrogen functional groups attached to an aromatic ring is 1. The number of benzene rings is 2. The van der Waals surface area contributed by atoms with E-state index in [0.29, 0.717) is 24.4 Å². The summed E-state index contributed by atoms with van der Waals surface area (Å²) in [6.45, 7) is 4.81. The van der Waals surface area contributed by atoms with Crippen molar-refractivity contribution >= 4 is 11.6 Å². The lowest BCUT2D eigenvalue weighted by molar-refractivity contribution is 0.0340. The van der Waals surface area contributed by atoms with Gasteiger partial charge in [-0.25, -0.2) is 18.9 Å². The van der Waals surface area contributed by atoms with E-state index < -0.39 is 5.54 Å². The Bertz CT molecular complexity index is 1770. The van der Waals surface area contributed by atoms with Gasteiger partial charge < -0.3 is 10.8 Å². The third-order valence-electron chi connectivity index (χ3n) is 8.42. The number of aliphatic hydroxyl groups excluding tert-OH is 1. The second kappa shape index (κ2) is 10.6. The van der Waals surface area contributed by atoms with Crippen LogP contribution in [0.15, 0.2) is 71.5 Å². The zero-order chi connectivity index (χ0) is 28.7. The molecule has 9 nitrogen and oxygen atoms in total. The van der Waals surface area contributed by atoms with Gasteiger partial charge in [0.1, 0.15) is 0 Å². The lowest BCUT2D eigenvalue weighted by atomic mass is 9.77. The van der Waals surface area contributed by atoms with Gasteiger partial charge in [0.2, 0.25) is 5.95 Å². The van der Waals surface area contributed by atoms with Crippen LogP contribution in [-0.4, -0.2) is 59.9 Å². The van der Waals surface area contributed by atoms with Gasteiger partial charge in [0.15, 0.2) is 5.65 Å². The highest BCUT2D eigenvalue weighted by Crippen LogP contribution is 2.35. The van der Waals surface area contributed by atoms with Crippen LogP contribution in [0.4, 0.5) is 5.95 Å². The number of nitrogens with zero attached hydrogens (tertiary/aromatic N) is 6. The van der Waals surface area contributed by atoms with Crippen molar-refractivity contribution in [2.45, 2.75) is 45.2 Å². The Labute approximate surface area is 238 Å². The molecular formula is C32H35N7O2. The minimum Gasteiger partial charge on any atom is -0.394 e. The molecule has 0 saturated heterocycles. The molecule has 41 heavy (non-hydrogen) atoms. The molecule has 0 amide bonds. The minimum absolute atomic E-state index is 0.0418. The van der Waals surface area contributed by atoms with Crippen LogP contribution in [0.3, 0.4) is 0 Å². The van der Waals surface area contributed by atoms with E-state index in [9.17, 15) is 9.90 Å². The summed E-state index contributed by atoms with van der Waals surface area (Å²) in [5.41, 5.74) is 13.6. The highest BCUT2D eigenvalue weighted by atomic mass is 16.3. The van der Waals surface area contributed by atoms with E-state index in [1.807, 2.05) is 69.4 Å². The van der Waals surface area contributed by atoms with E-state index in [1.54, 1.807) is 0 Å². The Hall–Kier alpha value is -4.34. The van der Waals surface area contributed by atoms with E-state index >= 15 is 0 Å². The number of anilines is 1. The van der Waals surface area contributed by atoms with Gasteiger partial charge in [0.25, 0.3) is 0 Å². The van der Waals surface area contributed by atoms with Crippen molar-refractivity contribution in [1.82, 2.24) is 29.0 Å². The van der Waals surface area contributed by atoms with Crippen molar-refractivity contribution in [1.29, 1.82) is 0 Å². The van der Waals surface area contributed by atoms with Crippen molar-refractivity contribution in [3.8, 4) is 22.4 Å². The standard InChI is InChI=1S/C32H35N7O2/c1-21-17-26(18-22(2)34-21)27-28(24-10-5-4-6-11-24)35-30(33)39-29(27)36-38(31(39)41)16-15-37(3)32(20-40)14-13-23-9-7-8-12-25(23)19-32/h4-12,17-18,40H,13-16,19-20H2,1-3H3,(H2,33,35). The van der Waals surface area contributed by atoms with Gasteiger partial charge in [0.05, 0.1) is 24.4 Å². The molecule has 1 aliphatic carbocycles. The van der Waals surface area contributed by atoms with Crippen LogP contribution in [-0.2, 0) is 19.4 Å². The summed E-state index contributed by atoms with van der Waals surface area (Å²) in [7, 11) is 2.02. The monoisotopic (exact) mass is 549 g/mol. The number of hydrogen-bond donors (Lipinski definition) is 2. The third-order valence-corrected chi connectivity index (χ3v) is 8.42. The van der Waals surface area contributed by atoms with Gasteiger partial charge >= 0.3 is 5.69 Å². The second-order valence-corrected chi connectivity index (χ2v) is 11.1. The quantitative estimate of drug-likeness (QED) is 0.318. The number of hydrogen-bond acceptors (Lipinski definition) is 7. The van der Waals surface area contributed by atoms with Crippen LogP contribution in [0, 0.1) is 13.8 Å². The SMILES string of the molecule is Cc1cc(-c2c(-c3ccccc3)nc(N)n3c(=O)n(CCN(C)C4(CO)CCc5ccccc5C4)nc23)cc(C)n1. The van der Waals surface area contributed by atoms with Crippen LogP contribution in [0.5, 0.6) is 0 Å². The summed E-state index contributed by atoms with van der Waals surface area (Å²) in [6.07, 6.45) is 2.52. The zero-order valence-electron chi connectivity index (χ0n) is 23.7. The number of rotatable bonds is 7. The molecule has 5 aromatic rings. The first-order chi connectivity index (χ1) is 19.8. The highest BCUT2D eigenvalue weighted by Gasteiger charge is 2.37. The number of aryl methyl sites for hydroxylation is 3. The molecule has 0 radical (unpaired) electrons. The maximum atomic E-state index is 13.7. The summed E-state index contributed by atoms with van der Waals surface area (Å²) in [6, 6.07) is 22.2. The molecule has 9 heteroatoms. The van der Waals surface area contributed by atoms with Crippen molar-refractivity contribution in [2.75, 3.05) is 25.9 Å². The Morgan fingerprint density at radius 1 is 0.976 bits per heavy atom. The van der Waals surface area contributed by atoms with Crippen LogP contribution >= 0.6 is 0 Å². The van der Waals surface area contributed by atoms with Gasteiger partial charge in [-0.2, -0.15) is 0 Å². The van der Waals surface area contributed by atoms with Crippen LogP contribution in [0.25, 0.3) is 28.0 Å². The van der Waals surface area contributed by atoms with Crippen molar-refractivity contribution in [3.63, 3.8) is 0 Å². The summed E-state index contributed by atoms with van der Waals surface area (Å²) in [5, 5.41) is 15.4. The molecule has 3 heterocycles. The number of nitrogens with two attached hydrogens (primary N) is 1. The number of pyridine rings is 1. The smallest absolute Gasteiger partial charge is 0.353 e. The number of aromatic nitrogens is 5. The van der Waals surface area contributed by atoms with Gasteiger partial charge in [-0.1, -0.05) is 54.6 Å². The third kappa shape index (κ3) is 4.81. The van der Waals surface area contributed by atoms with Crippen molar-refractivity contribution in [2.24, 2.45) is 0 Å². The predicted octanol–water partition coefficient (Wildman–Crippen LogP) is 3.67. The molecule has 0 bridgehead atoms. The van der Waals surface area contributed by atoms with E-state index in [-0.39, 0.29) is 18.2 Å². The van der Waals surface area contributed by atoms with Gasteiger partial charge in [0, 0.05) is 29.0 Å². The normalized spacial score (nSPS) is 16.8. The van der Waals surface area contributed by atoms with Gasteiger partial charge in [-0.05, 0) is 69.0 Å². The molecule has 3 N–H and O–H groups in total. The summed E-state index contributed by atoms with van der Waals surface area (Å²) in [5.74, 6) is 0.0884. The number of likely N-dealkylation sites (N-methyl/N-ethyl adjacent to an activating group) is 1. The summed E-state index contributed by atoms with van der Waals surface area (Å²) in [4.78, 5) is 25.1. The van der Waals surface area contributed by atoms with E-state index in [1.165, 1.54) is 20.2 Å². The maximum absolute atomic E-state index is 13.7. The summed E-state index contributed by atoms with van der Waals surface area (Å²) >= 11 is 0. The Kier molecular flexibility index (Phi) is 6.93. The fraction of sp³-hybridized carbons (Fsp3) is 0.312. The molecular weight excluding hydrogens is 514 g/mol. The zero-order valence-corrected chi connectivity index (χ0v) is 23.7. The first kappa shape index (κ1) is 26.9. The largest absolute Gasteiger partial charge is 0.394 e. The average Bonchev–Trinajstić information content (AvgIpc) is 3.31. The molecule has 0 aliphatic heterocycles. The summed E-state index contributed by atoms with van der Waals surface area (Å²) < 4.78 is 2.86. The van der Waals surface area contributed by atoms with Crippen LogP contribution in [0.2, 0.25) is 0 Å². The van der Waals surface area contributed by atoms with E-state index in [0.717, 1.165) is 47.3 Å². The first-order valence-electron chi connectivity index (χ1n) is 14.0. The predicted molar refractivity (Wildman–Crippen MR) is 161 cm³/mol. The Balaban J connectivity index is 1.41. The molecule has 0 saturated carbocycles. The molecule has 2 aromatic carbocycles. The fourth-order valence-corrected chi connectivity index (χ4v) is 6.15. The fourth-order valence-electron chi connectivity index (χ4n) is 6.15. The van der Waals surface area contributed by atoms with Crippen LogP contribution < -0.4 is 11.4 Å². The second-order valence-electron chi connectivity index (χ2n) is 11.1. The average molecular weight is 550 g/mol. The highest BCUT2D eigenvalue weighted by molar-refractivity contribution is 5.90. The van der Waals surface area contributed by atoms with E-state index in [2.05, 4.69) is 28.1 Å². The van der Waals surface area contributed by atoms with Gasteiger partial charge in [-0.3, -0.25) is 9.88 Å². The van der Waals surface area contributed by atoms with Gasteiger partial charge in [-0.15, -0.1) is 5.10 Å². The van der Waals surface area contributed by atoms with E-state index in [4.69, 9.17) is 15.8 Å². The number of aliphatic hydroxyl groups is 1. The lowest BCUT2D eigenvalue weighted by Crippen LogP contribution is -2.54. The lowest BCUT2D eigenvalue weighted by Gasteiger charge is -2.44. The minimum atomic E-state index is -0.393. The van der Waals surface area contributed by atoms with Crippen molar-refractivity contribution in [3.05, 3.63) is 99.7 Å².